The number of rotatable bonds is 48. The SMILES string of the molecule is CCCCCCCCCCCCCCCCCCCCCCOC[C@H](COP(=O)(O)O)OC(=O)CCCCCCCCCCCCCCCCCCCCCC. The molecule has 0 saturated heterocycles. The summed E-state index contributed by atoms with van der Waals surface area (Å²) in [5.41, 5.74) is 0. The molecule has 1 atom stereocenters. The zero-order valence-corrected chi connectivity index (χ0v) is 38.5. The third-order valence-corrected chi connectivity index (χ3v) is 11.9. The van der Waals surface area contributed by atoms with Crippen LogP contribution in [-0.2, 0) is 23.4 Å². The van der Waals surface area contributed by atoms with Crippen molar-refractivity contribution < 1.29 is 33.1 Å². The van der Waals surface area contributed by atoms with Crippen molar-refractivity contribution >= 4 is 13.8 Å². The summed E-state index contributed by atoms with van der Waals surface area (Å²) in [6, 6.07) is 0. The summed E-state index contributed by atoms with van der Waals surface area (Å²) < 4.78 is 27.1. The fraction of sp³-hybridized carbons (Fsp3) is 0.979. The van der Waals surface area contributed by atoms with Crippen molar-refractivity contribution in [2.45, 2.75) is 283 Å². The first kappa shape index (κ1) is 55.5. The van der Waals surface area contributed by atoms with Gasteiger partial charge in [-0.3, -0.25) is 9.32 Å². The molecular weight excluding hydrogens is 719 g/mol. The van der Waals surface area contributed by atoms with E-state index in [0.717, 1.165) is 32.1 Å². The molecule has 0 aromatic rings. The summed E-state index contributed by atoms with van der Waals surface area (Å²) in [6.07, 6.45) is 52.6. The van der Waals surface area contributed by atoms with Crippen LogP contribution in [0.3, 0.4) is 0 Å². The van der Waals surface area contributed by atoms with E-state index in [4.69, 9.17) is 19.3 Å². The second-order valence-electron chi connectivity index (χ2n) is 17.2. The van der Waals surface area contributed by atoms with Crippen molar-refractivity contribution in [1.82, 2.24) is 0 Å². The fourth-order valence-corrected chi connectivity index (χ4v) is 8.10. The Morgan fingerprint density at radius 1 is 0.411 bits per heavy atom. The summed E-state index contributed by atoms with van der Waals surface area (Å²) >= 11 is 0. The molecular formula is C48H97O7P. The lowest BCUT2D eigenvalue weighted by molar-refractivity contribution is -0.154. The lowest BCUT2D eigenvalue weighted by atomic mass is 10.0. The quantitative estimate of drug-likeness (QED) is 0.0358. The van der Waals surface area contributed by atoms with E-state index < -0.39 is 13.9 Å². The average Bonchev–Trinajstić information content (AvgIpc) is 3.17. The molecule has 7 nitrogen and oxygen atoms in total. The number of unbranched alkanes of at least 4 members (excludes halogenated alkanes) is 38. The number of phosphoric ester groups is 1. The van der Waals surface area contributed by atoms with E-state index in [9.17, 15) is 9.36 Å². The van der Waals surface area contributed by atoms with Crippen LogP contribution in [0, 0.1) is 0 Å². The number of carbonyl (C=O) groups is 1. The van der Waals surface area contributed by atoms with Gasteiger partial charge in [-0.05, 0) is 12.8 Å². The zero-order valence-electron chi connectivity index (χ0n) is 37.6. The molecule has 56 heavy (non-hydrogen) atoms. The number of phosphoric acid groups is 1. The monoisotopic (exact) mass is 817 g/mol. The summed E-state index contributed by atoms with van der Waals surface area (Å²) in [7, 11) is -4.65. The molecule has 0 radical (unpaired) electrons. The van der Waals surface area contributed by atoms with Crippen LogP contribution in [-0.4, -0.2) is 41.7 Å². The van der Waals surface area contributed by atoms with Gasteiger partial charge in [0.1, 0.15) is 6.10 Å². The Bertz CT molecular complexity index is 819. The summed E-state index contributed by atoms with van der Waals surface area (Å²) in [5, 5.41) is 0. The van der Waals surface area contributed by atoms with Gasteiger partial charge < -0.3 is 19.3 Å². The normalized spacial score (nSPS) is 12.4. The maximum absolute atomic E-state index is 12.5. The van der Waals surface area contributed by atoms with Crippen molar-refractivity contribution in [1.29, 1.82) is 0 Å². The minimum Gasteiger partial charge on any atom is -0.457 e. The van der Waals surface area contributed by atoms with E-state index in [2.05, 4.69) is 18.4 Å². The molecule has 0 heterocycles. The first-order valence-corrected chi connectivity index (χ1v) is 26.4. The molecule has 0 saturated carbocycles. The maximum atomic E-state index is 12.5. The molecule has 0 rings (SSSR count). The standard InChI is InChI=1S/C48H97O7P/c1-3-5-7-9-11-13-15-17-19-21-23-25-27-29-31-33-35-37-39-41-43-48(49)55-47(46-54-56(50,51)52)45-53-44-42-40-38-36-34-32-30-28-26-24-22-20-18-16-14-12-10-8-6-4-2/h47H,3-46H2,1-2H3,(H2,50,51,52)/t47-/m1/s1. The summed E-state index contributed by atoms with van der Waals surface area (Å²) in [5.74, 6) is -0.353. The predicted molar refractivity (Wildman–Crippen MR) is 239 cm³/mol. The molecule has 8 heteroatoms. The van der Waals surface area contributed by atoms with Gasteiger partial charge in [-0.1, -0.05) is 258 Å². The second-order valence-corrected chi connectivity index (χ2v) is 18.4. The molecule has 0 amide bonds. The predicted octanol–water partition coefficient (Wildman–Crippen LogP) is 16.1. The second kappa shape index (κ2) is 45.6. The fourth-order valence-electron chi connectivity index (χ4n) is 7.74. The highest BCUT2D eigenvalue weighted by molar-refractivity contribution is 7.46. The highest BCUT2D eigenvalue weighted by atomic mass is 31.2. The molecule has 0 aliphatic rings. The van der Waals surface area contributed by atoms with Gasteiger partial charge in [-0.2, -0.15) is 0 Å². The highest BCUT2D eigenvalue weighted by Crippen LogP contribution is 2.36. The largest absolute Gasteiger partial charge is 0.469 e. The van der Waals surface area contributed by atoms with E-state index in [1.165, 1.54) is 225 Å². The van der Waals surface area contributed by atoms with Gasteiger partial charge in [0.2, 0.25) is 0 Å². The molecule has 0 aliphatic carbocycles. The third kappa shape index (κ3) is 47.9. The topological polar surface area (TPSA) is 102 Å². The molecule has 0 fully saturated rings. The number of hydrogen-bond acceptors (Lipinski definition) is 5. The molecule has 0 aromatic carbocycles. The first-order chi connectivity index (χ1) is 27.4. The highest BCUT2D eigenvalue weighted by Gasteiger charge is 2.21. The van der Waals surface area contributed by atoms with Crippen LogP contribution in [0.5, 0.6) is 0 Å². The minimum atomic E-state index is -4.65. The van der Waals surface area contributed by atoms with E-state index in [-0.39, 0.29) is 19.2 Å². The van der Waals surface area contributed by atoms with Gasteiger partial charge >= 0.3 is 13.8 Å². The molecule has 0 aromatic heterocycles. The third-order valence-electron chi connectivity index (χ3n) is 11.4. The van der Waals surface area contributed by atoms with Gasteiger partial charge in [0, 0.05) is 13.0 Å². The van der Waals surface area contributed by atoms with E-state index in [1.54, 1.807) is 0 Å². The molecule has 2 N–H and O–H groups in total. The van der Waals surface area contributed by atoms with Crippen molar-refractivity contribution in [3.63, 3.8) is 0 Å². The van der Waals surface area contributed by atoms with Gasteiger partial charge in [-0.15, -0.1) is 0 Å². The van der Waals surface area contributed by atoms with Gasteiger partial charge in [0.15, 0.2) is 0 Å². The van der Waals surface area contributed by atoms with Crippen LogP contribution < -0.4 is 0 Å². The van der Waals surface area contributed by atoms with Crippen molar-refractivity contribution in [3.05, 3.63) is 0 Å². The smallest absolute Gasteiger partial charge is 0.457 e. The molecule has 336 valence electrons. The Kier molecular flexibility index (Phi) is 45.2. The maximum Gasteiger partial charge on any atom is 0.469 e. The molecule has 0 spiro atoms. The van der Waals surface area contributed by atoms with Crippen LogP contribution in [0.1, 0.15) is 277 Å². The summed E-state index contributed by atoms with van der Waals surface area (Å²) in [6.45, 7) is 4.83. The van der Waals surface area contributed by atoms with E-state index in [0.29, 0.717) is 13.0 Å². The van der Waals surface area contributed by atoms with E-state index in [1.807, 2.05) is 0 Å². The van der Waals surface area contributed by atoms with Crippen LogP contribution in [0.2, 0.25) is 0 Å². The number of ether oxygens (including phenoxy) is 2. The van der Waals surface area contributed by atoms with E-state index >= 15 is 0 Å². The van der Waals surface area contributed by atoms with Crippen LogP contribution in [0.25, 0.3) is 0 Å². The van der Waals surface area contributed by atoms with Crippen molar-refractivity contribution in [2.24, 2.45) is 0 Å². The zero-order chi connectivity index (χ0) is 40.9. The van der Waals surface area contributed by atoms with Crippen molar-refractivity contribution in [3.8, 4) is 0 Å². The molecule has 0 unspecified atom stereocenters. The Balaban J connectivity index is 3.66. The number of hydrogen-bond donors (Lipinski definition) is 2. The Morgan fingerprint density at radius 3 is 0.964 bits per heavy atom. The van der Waals surface area contributed by atoms with Crippen LogP contribution >= 0.6 is 7.82 Å². The Labute approximate surface area is 349 Å². The lowest BCUT2D eigenvalue weighted by Crippen LogP contribution is -2.28. The lowest BCUT2D eigenvalue weighted by Gasteiger charge is -2.18. The number of esters is 1. The van der Waals surface area contributed by atoms with Crippen LogP contribution in [0.15, 0.2) is 0 Å². The summed E-state index contributed by atoms with van der Waals surface area (Å²) in [4.78, 5) is 30.8. The number of carbonyl (C=O) groups excluding carboxylic acids is 1. The van der Waals surface area contributed by atoms with Gasteiger partial charge in [0.05, 0.1) is 13.2 Å². The van der Waals surface area contributed by atoms with Crippen LogP contribution in [0.4, 0.5) is 0 Å². The minimum absolute atomic E-state index is 0.0874. The average molecular weight is 817 g/mol. The van der Waals surface area contributed by atoms with Gasteiger partial charge in [-0.25, -0.2) is 4.57 Å². The first-order valence-electron chi connectivity index (χ1n) is 24.9. The Hall–Kier alpha value is -0.460. The van der Waals surface area contributed by atoms with Crippen molar-refractivity contribution in [2.75, 3.05) is 19.8 Å². The Morgan fingerprint density at radius 2 is 0.679 bits per heavy atom. The molecule has 0 bridgehead atoms. The van der Waals surface area contributed by atoms with Gasteiger partial charge in [0.25, 0.3) is 0 Å². The molecule has 0 aliphatic heterocycles.